The minimum atomic E-state index is -2.37. The zero-order valence-corrected chi connectivity index (χ0v) is 22.3. The average Bonchev–Trinajstić information content (AvgIpc) is 3.03. The molecular formula is C26H33BrF2O7. The van der Waals surface area contributed by atoms with Crippen molar-refractivity contribution >= 4 is 33.5 Å². The van der Waals surface area contributed by atoms with Gasteiger partial charge in [0.05, 0.1) is 16.0 Å². The van der Waals surface area contributed by atoms with Gasteiger partial charge in [-0.05, 0) is 86.4 Å². The number of hydrogen-bond acceptors (Lipinski definition) is 6. The van der Waals surface area contributed by atoms with Gasteiger partial charge in [0.15, 0.2) is 17.2 Å². The Balaban J connectivity index is 1.74. The number of Topliss-reactive ketones (excluding diaryl/α,β-unsaturated/α-hetero) is 1. The summed E-state index contributed by atoms with van der Waals surface area (Å²) in [4.78, 5) is 37.1. The summed E-state index contributed by atoms with van der Waals surface area (Å²) < 4.78 is 32.8. The van der Waals surface area contributed by atoms with Crippen LogP contribution in [-0.2, 0) is 14.4 Å². The largest absolute Gasteiger partial charge is 0.481 e. The number of aliphatic hydroxyl groups excluding tert-OH is 2. The Morgan fingerprint density at radius 3 is 2.47 bits per heavy atom. The van der Waals surface area contributed by atoms with E-state index < -0.39 is 81.7 Å². The minimum Gasteiger partial charge on any atom is -0.481 e. The quantitative estimate of drug-likeness (QED) is 0.396. The smallest absolute Gasteiger partial charge is 0.309 e. The van der Waals surface area contributed by atoms with E-state index in [4.69, 9.17) is 0 Å². The molecular weight excluding hydrogens is 542 g/mol. The van der Waals surface area contributed by atoms with E-state index in [1.54, 1.807) is 6.92 Å². The lowest BCUT2D eigenvalue weighted by Gasteiger charge is -2.63. The molecule has 0 radical (unpaired) electrons. The maximum absolute atomic E-state index is 17.2. The molecule has 3 unspecified atom stereocenters. The van der Waals surface area contributed by atoms with Crippen molar-refractivity contribution in [3.63, 3.8) is 0 Å². The highest BCUT2D eigenvalue weighted by Gasteiger charge is 2.75. The number of alkyl halides is 2. The molecule has 0 amide bonds. The number of aliphatic hydroxyl groups is 3. The number of aliphatic carboxylic acids is 1. The van der Waals surface area contributed by atoms with Gasteiger partial charge in [0, 0.05) is 16.7 Å². The number of carboxylic acid groups (broad SMARTS) is 1. The second kappa shape index (κ2) is 8.25. The van der Waals surface area contributed by atoms with Crippen molar-refractivity contribution in [2.24, 2.45) is 28.1 Å². The molecule has 0 saturated heterocycles. The summed E-state index contributed by atoms with van der Waals surface area (Å²) in [7, 11) is 0. The van der Waals surface area contributed by atoms with Crippen LogP contribution in [0.4, 0.5) is 8.78 Å². The van der Waals surface area contributed by atoms with E-state index in [0.29, 0.717) is 0 Å². The van der Waals surface area contributed by atoms with Gasteiger partial charge in [-0.25, -0.2) is 8.78 Å². The standard InChI is InChI=1S/C26H33BrF2O7/c1-22(2,21(34)35)10-18(31)20(33)25(36)6-5-12-13-7-16(28)14-8-17(30)15(27)9-24(14,4)26(13,29)19(32)11-23(12,25)3/h8-9,12-13,16,18-19,31-32,36H,5-7,10-11H2,1-4H3,(H,34,35)/t12-,13-,16?,18?,19?,23-,24-,25-,26-/m0/s1. The van der Waals surface area contributed by atoms with E-state index in [9.17, 15) is 34.8 Å². The van der Waals surface area contributed by atoms with Crippen molar-refractivity contribution in [1.82, 2.24) is 0 Å². The summed E-state index contributed by atoms with van der Waals surface area (Å²) in [5.41, 5.74) is -9.02. The molecule has 0 aromatic heterocycles. The Kier molecular flexibility index (Phi) is 6.31. The molecule has 0 bridgehead atoms. The van der Waals surface area contributed by atoms with Gasteiger partial charge in [0.2, 0.25) is 0 Å². The number of carbonyl (C=O) groups excluding carboxylic acids is 2. The highest BCUT2D eigenvalue weighted by molar-refractivity contribution is 9.12. The maximum atomic E-state index is 17.2. The van der Waals surface area contributed by atoms with Gasteiger partial charge < -0.3 is 20.4 Å². The Labute approximate surface area is 216 Å². The number of fused-ring (bicyclic) bond motifs is 5. The highest BCUT2D eigenvalue weighted by Crippen LogP contribution is 2.70. The van der Waals surface area contributed by atoms with E-state index in [2.05, 4.69) is 15.9 Å². The lowest BCUT2D eigenvalue weighted by Crippen LogP contribution is -2.70. The summed E-state index contributed by atoms with van der Waals surface area (Å²) >= 11 is 3.13. The maximum Gasteiger partial charge on any atom is 0.309 e. The summed E-state index contributed by atoms with van der Waals surface area (Å²) in [6.07, 6.45) is -3.83. The van der Waals surface area contributed by atoms with Gasteiger partial charge in [-0.2, -0.15) is 0 Å². The van der Waals surface area contributed by atoms with Crippen molar-refractivity contribution in [2.45, 2.75) is 89.4 Å². The van der Waals surface area contributed by atoms with Crippen LogP contribution in [0, 0.1) is 28.1 Å². The average molecular weight is 575 g/mol. The number of carboxylic acids is 1. The predicted octanol–water partition coefficient (Wildman–Crippen LogP) is 3.19. The van der Waals surface area contributed by atoms with Gasteiger partial charge in [0.1, 0.15) is 17.9 Å². The summed E-state index contributed by atoms with van der Waals surface area (Å²) in [6.45, 7) is 5.72. The first-order valence-corrected chi connectivity index (χ1v) is 13.0. The van der Waals surface area contributed by atoms with Crippen LogP contribution in [0.15, 0.2) is 22.2 Å². The molecule has 4 aliphatic carbocycles. The third kappa shape index (κ3) is 3.39. The van der Waals surface area contributed by atoms with E-state index in [1.807, 2.05) is 0 Å². The Morgan fingerprint density at radius 1 is 1.28 bits per heavy atom. The molecule has 10 heteroatoms. The van der Waals surface area contributed by atoms with Crippen molar-refractivity contribution in [3.8, 4) is 0 Å². The van der Waals surface area contributed by atoms with Gasteiger partial charge >= 0.3 is 5.97 Å². The van der Waals surface area contributed by atoms with Crippen LogP contribution in [0.25, 0.3) is 0 Å². The summed E-state index contributed by atoms with van der Waals surface area (Å²) in [6, 6.07) is 0. The first-order chi connectivity index (χ1) is 16.4. The van der Waals surface area contributed by atoms with Crippen LogP contribution >= 0.6 is 15.9 Å². The van der Waals surface area contributed by atoms with E-state index in [0.717, 1.165) is 6.08 Å². The number of halogens is 3. The van der Waals surface area contributed by atoms with Crippen molar-refractivity contribution < 1.29 is 43.6 Å². The van der Waals surface area contributed by atoms with E-state index >= 15 is 8.78 Å². The molecule has 7 nitrogen and oxygen atoms in total. The fourth-order valence-corrected chi connectivity index (χ4v) is 8.18. The lowest BCUT2D eigenvalue weighted by atomic mass is 9.44. The first-order valence-electron chi connectivity index (χ1n) is 12.2. The topological polar surface area (TPSA) is 132 Å². The van der Waals surface area contributed by atoms with Crippen LogP contribution in [0.2, 0.25) is 0 Å². The molecule has 9 atom stereocenters. The molecule has 4 rings (SSSR count). The zero-order chi connectivity index (χ0) is 27.2. The van der Waals surface area contributed by atoms with Gasteiger partial charge in [-0.1, -0.05) is 13.0 Å². The molecule has 200 valence electrons. The number of carbonyl (C=O) groups is 3. The molecule has 0 aromatic rings. The van der Waals surface area contributed by atoms with Crippen LogP contribution in [0.3, 0.4) is 0 Å². The summed E-state index contributed by atoms with van der Waals surface area (Å²) in [5.74, 6) is -4.46. The second-order valence-corrected chi connectivity index (χ2v) is 13.0. The number of hydrogen-bond donors (Lipinski definition) is 4. The second-order valence-electron chi connectivity index (χ2n) is 12.2. The predicted molar refractivity (Wildman–Crippen MR) is 129 cm³/mol. The Bertz CT molecular complexity index is 1090. The minimum absolute atomic E-state index is 0.0345. The molecule has 4 aliphatic rings. The monoisotopic (exact) mass is 574 g/mol. The first kappa shape index (κ1) is 27.5. The third-order valence-corrected chi connectivity index (χ3v) is 10.5. The normalized spacial score (nSPS) is 45.1. The third-order valence-electron chi connectivity index (χ3n) is 9.83. The van der Waals surface area contributed by atoms with Crippen molar-refractivity contribution in [2.75, 3.05) is 0 Å². The number of allylic oxidation sites excluding steroid dienone is 4. The zero-order valence-electron chi connectivity index (χ0n) is 20.7. The molecule has 0 aromatic carbocycles. The molecule has 3 saturated carbocycles. The summed E-state index contributed by atoms with van der Waals surface area (Å²) in [5, 5.41) is 43.0. The van der Waals surface area contributed by atoms with E-state index in [1.165, 1.54) is 26.8 Å². The fraction of sp³-hybridized carbons (Fsp3) is 0.731. The molecule has 0 aliphatic heterocycles. The lowest BCUT2D eigenvalue weighted by molar-refractivity contribution is -0.223. The fourth-order valence-electron chi connectivity index (χ4n) is 7.61. The van der Waals surface area contributed by atoms with Gasteiger partial charge in [-0.3, -0.25) is 14.4 Å². The van der Waals surface area contributed by atoms with E-state index in [-0.39, 0.29) is 35.7 Å². The van der Waals surface area contributed by atoms with Crippen LogP contribution in [-0.4, -0.2) is 67.6 Å². The highest BCUT2D eigenvalue weighted by atomic mass is 79.9. The SMILES string of the molecule is CC(C)(CC(O)C(=O)[C@@]1(O)CC[C@H]2[C@@H]3CC(F)C4=CC(=O)C(Br)=C[C@]4(C)[C@@]3(F)C(O)C[C@@]21C)C(=O)O. The molecule has 0 spiro atoms. The molecule has 3 fully saturated rings. The van der Waals surface area contributed by atoms with Crippen LogP contribution in [0.1, 0.15) is 59.8 Å². The van der Waals surface area contributed by atoms with Gasteiger partial charge in [-0.15, -0.1) is 0 Å². The number of ketones is 2. The van der Waals surface area contributed by atoms with Crippen molar-refractivity contribution in [3.05, 3.63) is 22.2 Å². The molecule has 4 N–H and O–H groups in total. The Hall–Kier alpha value is -1.49. The number of rotatable bonds is 5. The molecule has 36 heavy (non-hydrogen) atoms. The molecule has 0 heterocycles. The van der Waals surface area contributed by atoms with Gasteiger partial charge in [0.25, 0.3) is 0 Å². The Morgan fingerprint density at radius 2 is 1.89 bits per heavy atom. The van der Waals surface area contributed by atoms with Crippen molar-refractivity contribution in [1.29, 1.82) is 0 Å². The van der Waals surface area contributed by atoms with Crippen LogP contribution in [0.5, 0.6) is 0 Å². The van der Waals surface area contributed by atoms with Crippen LogP contribution < -0.4 is 0 Å².